The molecule has 18 heavy (non-hydrogen) atoms. The van der Waals surface area contributed by atoms with Gasteiger partial charge >= 0.3 is 5.97 Å². The zero-order valence-corrected chi connectivity index (χ0v) is 10.8. The molecule has 0 saturated carbocycles. The number of aryl methyl sites for hydroxylation is 1. The average Bonchev–Trinajstić information content (AvgIpc) is 2.38. The van der Waals surface area contributed by atoms with Crippen molar-refractivity contribution in [3.8, 4) is 0 Å². The molecule has 0 saturated heterocycles. The van der Waals surface area contributed by atoms with Crippen molar-refractivity contribution in [2.75, 3.05) is 0 Å². The van der Waals surface area contributed by atoms with Crippen LogP contribution < -0.4 is 0 Å². The van der Waals surface area contributed by atoms with Crippen LogP contribution in [-0.2, 0) is 4.79 Å². The molecule has 0 amide bonds. The maximum absolute atomic E-state index is 11.0. The summed E-state index contributed by atoms with van der Waals surface area (Å²) in [7, 11) is 0. The van der Waals surface area contributed by atoms with Crippen LogP contribution in [-0.4, -0.2) is 11.1 Å². The highest BCUT2D eigenvalue weighted by molar-refractivity contribution is 5.75. The van der Waals surface area contributed by atoms with E-state index in [1.807, 2.05) is 12.1 Å². The van der Waals surface area contributed by atoms with E-state index in [4.69, 9.17) is 5.11 Å². The highest BCUT2D eigenvalue weighted by Crippen LogP contribution is 2.29. The fourth-order valence-electron chi connectivity index (χ4n) is 2.34. The fraction of sp³-hybridized carbons (Fsp3) is 0.312. The van der Waals surface area contributed by atoms with Crippen LogP contribution in [0.2, 0.25) is 0 Å². The highest BCUT2D eigenvalue weighted by Gasteiger charge is 2.16. The lowest BCUT2D eigenvalue weighted by atomic mass is 9.87. The smallest absolute Gasteiger partial charge is 0.310 e. The highest BCUT2D eigenvalue weighted by atomic mass is 16.4. The van der Waals surface area contributed by atoms with Gasteiger partial charge in [-0.3, -0.25) is 4.79 Å². The molecular weight excluding hydrogens is 224 g/mol. The molecule has 0 heterocycles. The molecule has 2 heteroatoms. The summed E-state index contributed by atoms with van der Waals surface area (Å²) in [5.74, 6) is -0.800. The molecule has 0 radical (unpaired) electrons. The minimum atomic E-state index is -0.775. The SMILES string of the molecule is Cc1cc(C(C)C(=O)O)ccc1C1C=CC=CC1. The summed E-state index contributed by atoms with van der Waals surface area (Å²) >= 11 is 0. The number of aliphatic carboxylic acids is 1. The fourth-order valence-corrected chi connectivity index (χ4v) is 2.34. The van der Waals surface area contributed by atoms with Gasteiger partial charge in [-0.1, -0.05) is 42.5 Å². The quantitative estimate of drug-likeness (QED) is 0.875. The van der Waals surface area contributed by atoms with Crippen LogP contribution in [0, 0.1) is 6.92 Å². The zero-order chi connectivity index (χ0) is 13.1. The van der Waals surface area contributed by atoms with Crippen molar-refractivity contribution in [2.24, 2.45) is 0 Å². The van der Waals surface area contributed by atoms with Crippen molar-refractivity contribution in [3.05, 3.63) is 59.2 Å². The molecule has 2 unspecified atom stereocenters. The number of carboxylic acids is 1. The van der Waals surface area contributed by atoms with Gasteiger partial charge in [-0.15, -0.1) is 0 Å². The van der Waals surface area contributed by atoms with Crippen LogP contribution in [0.3, 0.4) is 0 Å². The zero-order valence-electron chi connectivity index (χ0n) is 10.8. The molecule has 2 rings (SSSR count). The number of allylic oxidation sites excluding steroid dienone is 4. The largest absolute Gasteiger partial charge is 0.481 e. The first kappa shape index (κ1) is 12.6. The van der Waals surface area contributed by atoms with E-state index >= 15 is 0 Å². The van der Waals surface area contributed by atoms with Crippen molar-refractivity contribution < 1.29 is 9.90 Å². The van der Waals surface area contributed by atoms with Crippen LogP contribution in [0.15, 0.2) is 42.5 Å². The van der Waals surface area contributed by atoms with Gasteiger partial charge in [-0.25, -0.2) is 0 Å². The lowest BCUT2D eigenvalue weighted by molar-refractivity contribution is -0.138. The first-order chi connectivity index (χ1) is 8.59. The Kier molecular flexibility index (Phi) is 3.66. The van der Waals surface area contributed by atoms with E-state index in [0.29, 0.717) is 5.92 Å². The first-order valence-electron chi connectivity index (χ1n) is 6.26. The van der Waals surface area contributed by atoms with Crippen LogP contribution in [0.5, 0.6) is 0 Å². The number of hydrogen-bond donors (Lipinski definition) is 1. The molecule has 1 aromatic carbocycles. The maximum atomic E-state index is 11.0. The summed E-state index contributed by atoms with van der Waals surface area (Å²) in [6, 6.07) is 6.01. The lowest BCUT2D eigenvalue weighted by Crippen LogP contribution is -2.08. The van der Waals surface area contributed by atoms with E-state index < -0.39 is 11.9 Å². The van der Waals surface area contributed by atoms with Crippen LogP contribution in [0.25, 0.3) is 0 Å². The van der Waals surface area contributed by atoms with Crippen molar-refractivity contribution >= 4 is 5.97 Å². The van der Waals surface area contributed by atoms with E-state index in [2.05, 4.69) is 37.3 Å². The van der Waals surface area contributed by atoms with Crippen LogP contribution in [0.1, 0.15) is 41.9 Å². The Bertz CT molecular complexity index is 512. The molecule has 0 aliphatic heterocycles. The third-order valence-electron chi connectivity index (χ3n) is 3.54. The van der Waals surface area contributed by atoms with Gasteiger partial charge in [0.2, 0.25) is 0 Å². The van der Waals surface area contributed by atoms with Crippen LogP contribution >= 0.6 is 0 Å². The summed E-state index contributed by atoms with van der Waals surface area (Å²) in [6.07, 6.45) is 9.51. The van der Waals surface area contributed by atoms with Gasteiger partial charge in [0.25, 0.3) is 0 Å². The number of benzene rings is 1. The molecule has 1 N–H and O–H groups in total. The maximum Gasteiger partial charge on any atom is 0.310 e. The minimum absolute atomic E-state index is 0.421. The van der Waals surface area contributed by atoms with E-state index in [1.54, 1.807) is 6.92 Å². The summed E-state index contributed by atoms with van der Waals surface area (Å²) in [5, 5.41) is 9.02. The number of carbonyl (C=O) groups is 1. The Balaban J connectivity index is 2.28. The monoisotopic (exact) mass is 242 g/mol. The predicted molar refractivity (Wildman–Crippen MR) is 72.9 cm³/mol. The molecule has 1 aromatic rings. The van der Waals surface area contributed by atoms with E-state index in [0.717, 1.165) is 12.0 Å². The molecule has 0 fully saturated rings. The Morgan fingerprint density at radius 2 is 2.17 bits per heavy atom. The summed E-state index contributed by atoms with van der Waals surface area (Å²) in [4.78, 5) is 11.0. The number of rotatable bonds is 3. The predicted octanol–water partition coefficient (Wildman–Crippen LogP) is 3.78. The topological polar surface area (TPSA) is 37.3 Å². The molecule has 1 aliphatic carbocycles. The molecule has 1 aliphatic rings. The Morgan fingerprint density at radius 3 is 2.72 bits per heavy atom. The standard InChI is InChI=1S/C16H18O2/c1-11-10-14(12(2)16(17)18)8-9-15(11)13-6-4-3-5-7-13/h3-6,8-10,12-13H,7H2,1-2H3,(H,17,18). The molecule has 2 nitrogen and oxygen atoms in total. The van der Waals surface area contributed by atoms with Gasteiger partial charge in [0.15, 0.2) is 0 Å². The molecule has 2 atom stereocenters. The minimum Gasteiger partial charge on any atom is -0.481 e. The number of carboxylic acid groups (broad SMARTS) is 1. The average molecular weight is 242 g/mol. The third-order valence-corrected chi connectivity index (χ3v) is 3.54. The van der Waals surface area contributed by atoms with Gasteiger partial charge in [0.05, 0.1) is 5.92 Å². The lowest BCUT2D eigenvalue weighted by Gasteiger charge is -2.18. The van der Waals surface area contributed by atoms with E-state index in [-0.39, 0.29) is 0 Å². The van der Waals surface area contributed by atoms with E-state index in [9.17, 15) is 4.79 Å². The molecule has 94 valence electrons. The number of hydrogen-bond acceptors (Lipinski definition) is 1. The third kappa shape index (κ3) is 2.53. The summed E-state index contributed by atoms with van der Waals surface area (Å²) in [6.45, 7) is 3.78. The Labute approximate surface area is 108 Å². The Morgan fingerprint density at radius 1 is 1.39 bits per heavy atom. The van der Waals surface area contributed by atoms with Gasteiger partial charge < -0.3 is 5.11 Å². The summed E-state index contributed by atoms with van der Waals surface area (Å²) < 4.78 is 0. The second kappa shape index (κ2) is 5.21. The van der Waals surface area contributed by atoms with Crippen molar-refractivity contribution in [1.82, 2.24) is 0 Å². The molecule has 0 aromatic heterocycles. The van der Waals surface area contributed by atoms with Crippen molar-refractivity contribution in [3.63, 3.8) is 0 Å². The normalized spacial score (nSPS) is 19.8. The van der Waals surface area contributed by atoms with Gasteiger partial charge in [0.1, 0.15) is 0 Å². The van der Waals surface area contributed by atoms with Crippen molar-refractivity contribution in [2.45, 2.75) is 32.1 Å². The van der Waals surface area contributed by atoms with Gasteiger partial charge in [0, 0.05) is 5.92 Å². The summed E-state index contributed by atoms with van der Waals surface area (Å²) in [5.41, 5.74) is 3.33. The molecular formula is C16H18O2. The Hall–Kier alpha value is -1.83. The van der Waals surface area contributed by atoms with Crippen molar-refractivity contribution in [1.29, 1.82) is 0 Å². The molecule has 0 bridgehead atoms. The van der Waals surface area contributed by atoms with Crippen LogP contribution in [0.4, 0.5) is 0 Å². The first-order valence-corrected chi connectivity index (χ1v) is 6.26. The van der Waals surface area contributed by atoms with Gasteiger partial charge in [-0.05, 0) is 37.0 Å². The second-order valence-electron chi connectivity index (χ2n) is 4.83. The van der Waals surface area contributed by atoms with E-state index in [1.165, 1.54) is 11.1 Å². The molecule has 0 spiro atoms. The van der Waals surface area contributed by atoms with Gasteiger partial charge in [-0.2, -0.15) is 0 Å². The second-order valence-corrected chi connectivity index (χ2v) is 4.83.